The van der Waals surface area contributed by atoms with Crippen molar-refractivity contribution in [2.45, 2.75) is 0 Å². The van der Waals surface area contributed by atoms with Crippen molar-refractivity contribution in [1.82, 2.24) is 0 Å². The highest BCUT2D eigenvalue weighted by Gasteiger charge is 2.11. The lowest BCUT2D eigenvalue weighted by molar-refractivity contribution is -0.116. The van der Waals surface area contributed by atoms with Gasteiger partial charge in [-0.05, 0) is 158 Å². The molecule has 0 unspecified atom stereocenters. The molecule has 0 bridgehead atoms. The average Bonchev–Trinajstić information content (AvgIpc) is 2.27. The van der Waals surface area contributed by atoms with Crippen LogP contribution in [0.1, 0.15) is 0 Å². The zero-order valence-corrected chi connectivity index (χ0v) is 51.1. The predicted molar refractivity (Wildman–Crippen MR) is 385 cm³/mol. The lowest BCUT2D eigenvalue weighted by Gasteiger charge is -2.10. The topological polar surface area (TPSA) is 55.8 Å². The summed E-state index contributed by atoms with van der Waals surface area (Å²) in [5.41, 5.74) is 27.9. The highest BCUT2D eigenvalue weighted by Crippen LogP contribution is 2.35. The van der Waals surface area contributed by atoms with Gasteiger partial charge in [-0.15, -0.1) is 0 Å². The molecule has 0 atom stereocenters. The summed E-state index contributed by atoms with van der Waals surface area (Å²) in [7, 11) is 0. The number of rotatable bonds is 19. The molecule has 1 N–H and O–H groups in total. The minimum absolute atomic E-state index is 0.150. The van der Waals surface area contributed by atoms with Crippen molar-refractivity contribution in [2.75, 3.05) is 13.2 Å². The summed E-state index contributed by atoms with van der Waals surface area (Å²) in [6, 6.07) is 123. The molecule has 4 heteroatoms. The molecule has 444 valence electrons. The van der Waals surface area contributed by atoms with E-state index >= 15 is 0 Å². The largest absolute Gasteiger partial charge is 0.509 e. The van der Waals surface area contributed by atoms with E-state index in [4.69, 9.17) is 9.47 Å². The Morgan fingerprint density at radius 1 is 0.204 bits per heavy atom. The van der Waals surface area contributed by atoms with Crippen molar-refractivity contribution in [3.63, 3.8) is 0 Å². The van der Waals surface area contributed by atoms with E-state index in [9.17, 15) is 9.90 Å². The molecule has 14 aromatic rings. The number of aliphatic hydroxyl groups is 1. The lowest BCUT2D eigenvalue weighted by atomic mass is 9.96. The third-order valence-corrected chi connectivity index (χ3v) is 17.2. The van der Waals surface area contributed by atoms with E-state index in [1.807, 2.05) is 60.7 Å². The summed E-state index contributed by atoms with van der Waals surface area (Å²) in [6.07, 6.45) is 1.16. The Kier molecular flexibility index (Phi) is 17.2. The molecule has 93 heavy (non-hydrogen) atoms. The number of carbonyl (C=O) groups is 1. The first-order valence-electron chi connectivity index (χ1n) is 31.4. The number of aliphatic hydroxyl groups excluding tert-OH is 1. The molecule has 0 saturated heterocycles. The van der Waals surface area contributed by atoms with Gasteiger partial charge in [-0.25, -0.2) is 0 Å². The van der Waals surface area contributed by atoms with Crippen LogP contribution in [0.15, 0.2) is 364 Å². The van der Waals surface area contributed by atoms with Crippen LogP contribution >= 0.6 is 0 Å². The van der Waals surface area contributed by atoms with Crippen LogP contribution in [0, 0.1) is 0 Å². The molecule has 0 fully saturated rings. The summed E-state index contributed by atoms with van der Waals surface area (Å²) >= 11 is 0. The number of benzene rings is 14. The molecule has 0 heterocycles. The Hall–Kier alpha value is -12.1. The van der Waals surface area contributed by atoms with E-state index in [0.717, 1.165) is 56.1 Å². The Bertz CT molecular complexity index is 4810. The minimum Gasteiger partial charge on any atom is -0.509 e. The van der Waals surface area contributed by atoms with Crippen LogP contribution < -0.4 is 9.47 Å². The van der Waals surface area contributed by atoms with E-state index in [0.29, 0.717) is 11.5 Å². The van der Waals surface area contributed by atoms with Gasteiger partial charge in [0.15, 0.2) is 12.4 Å². The van der Waals surface area contributed by atoms with Crippen LogP contribution in [0.5, 0.6) is 11.5 Å². The number of carbonyl (C=O) groups excluding carboxylic acids is 1. The molecule has 0 spiro atoms. The standard InChI is InChI=1S/C89H64O4/c90-86(60-92-88-55-51-84(52-56-88)82-47-43-80(44-48-82)78-39-35-76(36-40-78)74-31-27-72(28-32-74)70-23-19-68(20-24-70)66-15-11-64(12-16-66)62-7-3-1-4-8-62)59-87(91)61-93-89-57-53-85(54-58-89)83-49-45-81(46-50-83)79-41-37-77(38-42-79)75-33-29-73(30-34-75)71-25-21-69(22-26-71)67-17-13-65(14-18-67)63-9-5-2-6-10-63/h1-59,90H,60-61H2. The van der Waals surface area contributed by atoms with Crippen molar-refractivity contribution in [2.24, 2.45) is 0 Å². The van der Waals surface area contributed by atoms with Gasteiger partial charge in [0.05, 0.1) is 0 Å². The molecule has 0 saturated carbocycles. The van der Waals surface area contributed by atoms with Gasteiger partial charge in [-0.1, -0.05) is 328 Å². The molecule has 0 aliphatic heterocycles. The summed E-state index contributed by atoms with van der Waals surface area (Å²) in [5, 5.41) is 10.6. The van der Waals surface area contributed by atoms with Crippen LogP contribution in [-0.2, 0) is 4.79 Å². The molecule has 14 aromatic carbocycles. The second-order valence-corrected chi connectivity index (χ2v) is 23.2. The van der Waals surface area contributed by atoms with Gasteiger partial charge < -0.3 is 14.6 Å². The fraction of sp³-hybridized carbons (Fsp3) is 0.0225. The fourth-order valence-electron chi connectivity index (χ4n) is 11.9. The quantitative estimate of drug-likeness (QED) is 0.0647. The molecular weight excluding hydrogens is 1130 g/mol. The smallest absolute Gasteiger partial charge is 0.196 e. The maximum Gasteiger partial charge on any atom is 0.196 e. The van der Waals surface area contributed by atoms with Crippen molar-refractivity contribution in [3.05, 3.63) is 364 Å². The van der Waals surface area contributed by atoms with E-state index in [2.05, 4.69) is 291 Å². The van der Waals surface area contributed by atoms with Crippen LogP contribution in [0.2, 0.25) is 0 Å². The van der Waals surface area contributed by atoms with Crippen molar-refractivity contribution < 1.29 is 19.4 Å². The highest BCUT2D eigenvalue weighted by atomic mass is 16.5. The van der Waals surface area contributed by atoms with Gasteiger partial charge in [0.1, 0.15) is 23.9 Å². The predicted octanol–water partition coefficient (Wildman–Crippen LogP) is 23.2. The van der Waals surface area contributed by atoms with E-state index in [-0.39, 0.29) is 24.8 Å². The van der Waals surface area contributed by atoms with Gasteiger partial charge >= 0.3 is 0 Å². The summed E-state index contributed by atoms with van der Waals surface area (Å²) < 4.78 is 11.6. The first-order valence-corrected chi connectivity index (χ1v) is 31.4. The maximum absolute atomic E-state index is 12.8. The monoisotopic (exact) mass is 1200 g/mol. The van der Waals surface area contributed by atoms with Crippen LogP contribution in [0.4, 0.5) is 0 Å². The van der Waals surface area contributed by atoms with Gasteiger partial charge in [0, 0.05) is 6.08 Å². The summed E-state index contributed by atoms with van der Waals surface area (Å²) in [5.74, 6) is 0.573. The fourth-order valence-corrected chi connectivity index (χ4v) is 11.9. The Labute approximate surface area is 543 Å². The summed E-state index contributed by atoms with van der Waals surface area (Å²) in [4.78, 5) is 12.8. The minimum atomic E-state index is -0.373. The van der Waals surface area contributed by atoms with Crippen LogP contribution in [-0.4, -0.2) is 24.1 Å². The van der Waals surface area contributed by atoms with Crippen molar-refractivity contribution in [1.29, 1.82) is 0 Å². The second kappa shape index (κ2) is 27.3. The van der Waals surface area contributed by atoms with E-state index in [1.54, 1.807) is 0 Å². The molecule has 0 amide bonds. The molecule has 14 rings (SSSR count). The van der Waals surface area contributed by atoms with Crippen molar-refractivity contribution >= 4 is 5.78 Å². The molecule has 4 nitrogen and oxygen atoms in total. The van der Waals surface area contributed by atoms with E-state index < -0.39 is 0 Å². The average molecular weight is 1200 g/mol. The Morgan fingerprint density at radius 2 is 0.344 bits per heavy atom. The van der Waals surface area contributed by atoms with Gasteiger partial charge in [-0.3, -0.25) is 4.79 Å². The maximum atomic E-state index is 12.8. The highest BCUT2D eigenvalue weighted by molar-refractivity contribution is 5.91. The number of ketones is 1. The first kappa shape index (κ1) is 58.6. The Balaban J connectivity index is 0.508. The molecule has 0 radical (unpaired) electrons. The van der Waals surface area contributed by atoms with Crippen LogP contribution in [0.25, 0.3) is 134 Å². The van der Waals surface area contributed by atoms with Crippen molar-refractivity contribution in [3.8, 4) is 145 Å². The molecule has 0 aromatic heterocycles. The van der Waals surface area contributed by atoms with Gasteiger partial charge in [0.2, 0.25) is 0 Å². The number of hydrogen-bond acceptors (Lipinski definition) is 4. The number of hydrogen-bond donors (Lipinski definition) is 1. The first-order chi connectivity index (χ1) is 45.8. The van der Waals surface area contributed by atoms with E-state index in [1.165, 1.54) is 83.5 Å². The Morgan fingerprint density at radius 3 is 0.516 bits per heavy atom. The normalized spacial score (nSPS) is 11.2. The molecular formula is C89H64O4. The van der Waals surface area contributed by atoms with Gasteiger partial charge in [-0.2, -0.15) is 0 Å². The SMILES string of the molecule is O=C(C=C(O)COc1ccc(-c2ccc(-c3ccc(-c4ccc(-c5ccc(-c6ccc(-c7ccccc7)cc6)cc5)cc4)cc3)cc2)cc1)COc1ccc(-c2ccc(-c3ccc(-c4ccc(-c5ccc(-c6ccc(-c7ccccc7)cc6)cc5)cc4)cc3)cc2)cc1. The van der Waals surface area contributed by atoms with Gasteiger partial charge in [0.25, 0.3) is 0 Å². The molecule has 0 aliphatic rings. The zero-order valence-electron chi connectivity index (χ0n) is 51.1. The van der Waals surface area contributed by atoms with Crippen LogP contribution in [0.3, 0.4) is 0 Å². The molecule has 0 aliphatic carbocycles. The third kappa shape index (κ3) is 14.0. The third-order valence-electron chi connectivity index (χ3n) is 17.2. The lowest BCUT2D eigenvalue weighted by Crippen LogP contribution is -2.11. The zero-order chi connectivity index (χ0) is 62.7. The summed E-state index contributed by atoms with van der Waals surface area (Å²) in [6.45, 7) is -0.371. The second-order valence-electron chi connectivity index (χ2n) is 23.2. The number of ether oxygens (including phenoxy) is 2.